The Balaban J connectivity index is 1.80. The number of hydrogen-bond donors (Lipinski definition) is 1. The molecule has 0 spiro atoms. The van der Waals surface area contributed by atoms with Crippen molar-refractivity contribution >= 4 is 46.3 Å². The molecular formula is C19H22N5O3S+. The van der Waals surface area contributed by atoms with Crippen molar-refractivity contribution in [1.29, 1.82) is 0 Å². The van der Waals surface area contributed by atoms with E-state index in [0.29, 0.717) is 23.2 Å². The van der Waals surface area contributed by atoms with Crippen LogP contribution in [0.4, 0.5) is 10.5 Å². The summed E-state index contributed by atoms with van der Waals surface area (Å²) in [5, 5.41) is 3.34. The van der Waals surface area contributed by atoms with Gasteiger partial charge in [-0.25, -0.2) is 9.37 Å². The number of anilines is 1. The number of likely N-dealkylation sites (N-methyl/N-ethyl adjacent to an activating group) is 2. The molecular weight excluding hydrogens is 378 g/mol. The Hall–Kier alpha value is -2.94. The zero-order valence-electron chi connectivity index (χ0n) is 16.0. The van der Waals surface area contributed by atoms with Crippen LogP contribution >= 0.6 is 11.8 Å². The first-order valence-electron chi connectivity index (χ1n) is 8.69. The maximum absolute atomic E-state index is 12.7. The van der Waals surface area contributed by atoms with Gasteiger partial charge in [-0.3, -0.25) is 19.4 Å². The number of fused-ring (bicyclic) bond motifs is 1. The van der Waals surface area contributed by atoms with E-state index in [-0.39, 0.29) is 17.6 Å². The number of nitrogens with zero attached hydrogens (tertiary/aromatic N) is 4. The van der Waals surface area contributed by atoms with Crippen LogP contribution in [-0.2, 0) is 9.59 Å². The molecule has 3 rings (SSSR count). The maximum atomic E-state index is 12.7. The lowest BCUT2D eigenvalue weighted by Gasteiger charge is -2.30. The van der Waals surface area contributed by atoms with Gasteiger partial charge in [0.1, 0.15) is 6.54 Å². The van der Waals surface area contributed by atoms with E-state index in [9.17, 15) is 14.4 Å². The van der Waals surface area contributed by atoms with Crippen molar-refractivity contribution in [3.8, 4) is 0 Å². The summed E-state index contributed by atoms with van der Waals surface area (Å²) in [6, 6.07) is 8.05. The molecule has 8 nitrogen and oxygen atoms in total. The average Bonchev–Trinajstić information content (AvgIpc) is 3.01. The average molecular weight is 400 g/mol. The Morgan fingerprint density at radius 2 is 1.93 bits per heavy atom. The van der Waals surface area contributed by atoms with Crippen molar-refractivity contribution < 1.29 is 19.0 Å². The second-order valence-corrected chi connectivity index (χ2v) is 7.62. The number of thioether (sulfide) groups is 1. The van der Waals surface area contributed by atoms with Crippen molar-refractivity contribution in [3.05, 3.63) is 42.5 Å². The van der Waals surface area contributed by atoms with Gasteiger partial charge in [-0.15, -0.1) is 0 Å². The highest BCUT2D eigenvalue weighted by Gasteiger charge is 2.53. The van der Waals surface area contributed by atoms with Crippen molar-refractivity contribution in [3.63, 3.8) is 0 Å². The van der Waals surface area contributed by atoms with Crippen LogP contribution < -0.4 is 5.32 Å². The largest absolute Gasteiger partial charge is 0.358 e. The van der Waals surface area contributed by atoms with Gasteiger partial charge in [-0.2, -0.15) is 0 Å². The smallest absolute Gasteiger partial charge is 0.325 e. The zero-order valence-corrected chi connectivity index (χ0v) is 16.8. The molecule has 2 aliphatic heterocycles. The van der Waals surface area contributed by atoms with Crippen LogP contribution in [0, 0.1) is 0 Å². The van der Waals surface area contributed by atoms with E-state index in [0.717, 1.165) is 10.5 Å². The van der Waals surface area contributed by atoms with Gasteiger partial charge in [-0.05, 0) is 41.4 Å². The van der Waals surface area contributed by atoms with Gasteiger partial charge in [-0.1, -0.05) is 24.8 Å². The SMILES string of the molecule is C=C(C)C[N+]1=C(SCC(=O)Nc2ccccc2)N=C2C1C(=O)N(C)C(=O)N2C. The van der Waals surface area contributed by atoms with Gasteiger partial charge >= 0.3 is 11.2 Å². The lowest BCUT2D eigenvalue weighted by Crippen LogP contribution is -2.61. The van der Waals surface area contributed by atoms with Crippen LogP contribution in [0.5, 0.6) is 0 Å². The maximum Gasteiger partial charge on any atom is 0.358 e. The molecule has 0 aromatic heterocycles. The van der Waals surface area contributed by atoms with Crippen LogP contribution in [0.2, 0.25) is 0 Å². The van der Waals surface area contributed by atoms with Crippen molar-refractivity contribution in [2.45, 2.75) is 13.0 Å². The summed E-state index contributed by atoms with van der Waals surface area (Å²) in [6.07, 6.45) is 0. The fourth-order valence-corrected chi connectivity index (χ4v) is 3.82. The highest BCUT2D eigenvalue weighted by molar-refractivity contribution is 8.14. The molecule has 1 saturated heterocycles. The summed E-state index contributed by atoms with van der Waals surface area (Å²) in [5.74, 6) is -0.0167. The minimum Gasteiger partial charge on any atom is -0.325 e. The van der Waals surface area contributed by atoms with Gasteiger partial charge < -0.3 is 5.32 Å². The third kappa shape index (κ3) is 3.84. The molecule has 146 valence electrons. The first-order valence-corrected chi connectivity index (χ1v) is 9.67. The Labute approximate surface area is 167 Å². The third-order valence-corrected chi connectivity index (χ3v) is 5.31. The zero-order chi connectivity index (χ0) is 20.4. The second kappa shape index (κ2) is 7.97. The van der Waals surface area contributed by atoms with Crippen molar-refractivity contribution in [2.75, 3.05) is 31.7 Å². The number of hydrogen-bond acceptors (Lipinski definition) is 5. The minimum absolute atomic E-state index is 0.127. The number of nitrogens with one attached hydrogen (secondary N) is 1. The van der Waals surface area contributed by atoms with Crippen LogP contribution in [0.1, 0.15) is 6.92 Å². The van der Waals surface area contributed by atoms with Crippen LogP contribution in [0.3, 0.4) is 0 Å². The van der Waals surface area contributed by atoms with E-state index in [4.69, 9.17) is 0 Å². The quantitative estimate of drug-likeness (QED) is 0.601. The Morgan fingerprint density at radius 3 is 2.57 bits per heavy atom. The number of imide groups is 1. The normalized spacial score (nSPS) is 19.0. The van der Waals surface area contributed by atoms with Gasteiger partial charge in [0, 0.05) is 19.8 Å². The Bertz CT molecular complexity index is 909. The summed E-state index contributed by atoms with van der Waals surface area (Å²) in [6.45, 7) is 6.18. The van der Waals surface area contributed by atoms with Gasteiger partial charge in [0.2, 0.25) is 5.91 Å². The molecule has 1 aromatic carbocycles. The number of amides is 4. The number of amidine groups is 2. The number of aliphatic imine (C=N–C) groups is 1. The van der Waals surface area contributed by atoms with Crippen molar-refractivity contribution in [1.82, 2.24) is 9.80 Å². The number of urea groups is 1. The summed E-state index contributed by atoms with van der Waals surface area (Å²) in [5.41, 5.74) is 1.56. The lowest BCUT2D eigenvalue weighted by molar-refractivity contribution is -0.524. The summed E-state index contributed by atoms with van der Waals surface area (Å²) in [4.78, 5) is 44.2. The standard InChI is InChI=1S/C19H21N5O3S/c1-12(2)10-24-15-16(22(3)19(27)23(4)17(15)26)21-18(24)28-11-14(25)20-13-8-6-5-7-9-13/h5-9,15H,1,10-11H2,2-4H3/p+1. The monoisotopic (exact) mass is 400 g/mol. The van der Waals surface area contributed by atoms with E-state index >= 15 is 0 Å². The van der Waals surface area contributed by atoms with E-state index in [1.165, 1.54) is 23.7 Å². The van der Waals surface area contributed by atoms with Crippen LogP contribution in [-0.4, -0.2) is 75.7 Å². The summed E-state index contributed by atoms with van der Waals surface area (Å²) < 4.78 is 1.79. The first-order chi connectivity index (χ1) is 13.3. The van der Waals surface area contributed by atoms with Gasteiger partial charge in [0.15, 0.2) is 0 Å². The van der Waals surface area contributed by atoms with Gasteiger partial charge in [0.05, 0.1) is 5.75 Å². The number of rotatable bonds is 5. The molecule has 0 saturated carbocycles. The number of para-hydroxylation sites is 1. The Morgan fingerprint density at radius 1 is 1.25 bits per heavy atom. The molecule has 1 fully saturated rings. The van der Waals surface area contributed by atoms with Crippen LogP contribution in [0.15, 0.2) is 47.5 Å². The minimum atomic E-state index is -0.691. The number of benzene rings is 1. The molecule has 2 heterocycles. The lowest BCUT2D eigenvalue weighted by atomic mass is 10.1. The molecule has 2 aliphatic rings. The molecule has 0 aliphatic carbocycles. The molecule has 1 aromatic rings. The Kier molecular flexibility index (Phi) is 5.64. The molecule has 1 atom stereocenters. The summed E-state index contributed by atoms with van der Waals surface area (Å²) in [7, 11) is 3.04. The van der Waals surface area contributed by atoms with E-state index in [1.807, 2.05) is 37.3 Å². The second-order valence-electron chi connectivity index (χ2n) is 6.68. The van der Waals surface area contributed by atoms with Gasteiger partial charge in [0.25, 0.3) is 17.8 Å². The molecule has 0 radical (unpaired) electrons. The number of carbonyl (C=O) groups excluding carboxylic acids is 3. The molecule has 28 heavy (non-hydrogen) atoms. The van der Waals surface area contributed by atoms with Crippen LogP contribution in [0.25, 0.3) is 0 Å². The molecule has 1 N–H and O–H groups in total. The van der Waals surface area contributed by atoms with E-state index in [2.05, 4.69) is 16.9 Å². The molecule has 1 unspecified atom stereocenters. The highest BCUT2D eigenvalue weighted by atomic mass is 32.2. The van der Waals surface area contributed by atoms with E-state index in [1.54, 1.807) is 11.6 Å². The van der Waals surface area contributed by atoms with Crippen molar-refractivity contribution in [2.24, 2.45) is 4.99 Å². The summed E-state index contributed by atoms with van der Waals surface area (Å²) >= 11 is 1.23. The highest BCUT2D eigenvalue weighted by Crippen LogP contribution is 2.23. The third-order valence-electron chi connectivity index (χ3n) is 4.32. The fraction of sp³-hybridized carbons (Fsp3) is 0.316. The topological polar surface area (TPSA) is 85.1 Å². The predicted octanol–water partition coefficient (Wildman–Crippen LogP) is 1.61. The molecule has 9 heteroatoms. The number of carbonyl (C=O) groups is 3. The fourth-order valence-electron chi connectivity index (χ4n) is 2.99. The predicted molar refractivity (Wildman–Crippen MR) is 110 cm³/mol. The van der Waals surface area contributed by atoms with E-state index < -0.39 is 12.1 Å². The molecule has 4 amide bonds. The first kappa shape index (κ1) is 19.8. The molecule has 0 bridgehead atoms.